The predicted octanol–water partition coefficient (Wildman–Crippen LogP) is 3.38. The van der Waals surface area contributed by atoms with Gasteiger partial charge in [-0.05, 0) is 25.0 Å². The normalized spacial score (nSPS) is 15.2. The maximum atomic E-state index is 13.0. The van der Waals surface area contributed by atoms with Crippen LogP contribution in [0.5, 0.6) is 0 Å². The van der Waals surface area contributed by atoms with Crippen molar-refractivity contribution in [1.29, 1.82) is 5.26 Å². The molecule has 5 nitrogen and oxygen atoms in total. The summed E-state index contributed by atoms with van der Waals surface area (Å²) in [5, 5.41) is 9.03. The summed E-state index contributed by atoms with van der Waals surface area (Å²) < 4.78 is 1.86. The highest BCUT2D eigenvalue weighted by Crippen LogP contribution is 2.26. The van der Waals surface area contributed by atoms with Gasteiger partial charge in [0, 0.05) is 30.8 Å². The summed E-state index contributed by atoms with van der Waals surface area (Å²) in [5.41, 5.74) is 2.73. The standard InChI is InChI=1S/C20H18N4O/c21-14-15-9-12-23(13-10-15)20(25)19-22-18(16-6-2-1-3-7-16)17-8-4-5-11-24(17)19/h1-8,11,15H,9-10,12-13H2. The number of nitriles is 1. The van der Waals surface area contributed by atoms with E-state index in [2.05, 4.69) is 11.1 Å². The summed E-state index contributed by atoms with van der Waals surface area (Å²) in [7, 11) is 0. The number of aromatic nitrogens is 2. The van der Waals surface area contributed by atoms with E-state index in [1.165, 1.54) is 0 Å². The lowest BCUT2D eigenvalue weighted by molar-refractivity contribution is 0.0694. The SMILES string of the molecule is N#CC1CCN(C(=O)c2nc(-c3ccccc3)c3ccccn23)CC1. The molecule has 2 aromatic heterocycles. The van der Waals surface area contributed by atoms with Crippen LogP contribution in [-0.2, 0) is 0 Å². The van der Waals surface area contributed by atoms with Crippen molar-refractivity contribution < 1.29 is 4.79 Å². The number of likely N-dealkylation sites (tertiary alicyclic amines) is 1. The summed E-state index contributed by atoms with van der Waals surface area (Å²) in [4.78, 5) is 19.5. The zero-order valence-electron chi connectivity index (χ0n) is 13.8. The number of fused-ring (bicyclic) bond motifs is 1. The summed E-state index contributed by atoms with van der Waals surface area (Å²) in [6.07, 6.45) is 3.35. The minimum absolute atomic E-state index is 0.0564. The highest BCUT2D eigenvalue weighted by atomic mass is 16.2. The number of piperidine rings is 1. The van der Waals surface area contributed by atoms with Gasteiger partial charge in [0.05, 0.1) is 17.3 Å². The maximum Gasteiger partial charge on any atom is 0.290 e. The lowest BCUT2D eigenvalue weighted by Gasteiger charge is -2.28. The fourth-order valence-electron chi connectivity index (χ4n) is 3.35. The summed E-state index contributed by atoms with van der Waals surface area (Å²) in [5.74, 6) is 0.422. The number of carbonyl (C=O) groups is 1. The van der Waals surface area contributed by atoms with Gasteiger partial charge in [-0.2, -0.15) is 5.26 Å². The van der Waals surface area contributed by atoms with Crippen LogP contribution in [0.2, 0.25) is 0 Å². The van der Waals surface area contributed by atoms with Crippen LogP contribution in [0.4, 0.5) is 0 Å². The molecule has 1 aliphatic rings. The molecule has 3 aromatic rings. The van der Waals surface area contributed by atoms with Gasteiger partial charge in [0.1, 0.15) is 0 Å². The monoisotopic (exact) mass is 330 g/mol. The molecule has 1 aliphatic heterocycles. The number of pyridine rings is 1. The number of nitrogens with zero attached hydrogens (tertiary/aromatic N) is 4. The smallest absolute Gasteiger partial charge is 0.290 e. The largest absolute Gasteiger partial charge is 0.336 e. The van der Waals surface area contributed by atoms with Crippen LogP contribution in [0.3, 0.4) is 0 Å². The molecule has 0 N–H and O–H groups in total. The van der Waals surface area contributed by atoms with E-state index in [0.29, 0.717) is 18.9 Å². The van der Waals surface area contributed by atoms with E-state index >= 15 is 0 Å². The number of carbonyl (C=O) groups excluding carboxylic acids is 1. The van der Waals surface area contributed by atoms with Crippen molar-refractivity contribution in [2.75, 3.05) is 13.1 Å². The van der Waals surface area contributed by atoms with E-state index in [1.807, 2.05) is 64.0 Å². The Labute approximate surface area is 146 Å². The van der Waals surface area contributed by atoms with Crippen LogP contribution in [0.25, 0.3) is 16.8 Å². The van der Waals surface area contributed by atoms with Gasteiger partial charge in [0.15, 0.2) is 0 Å². The van der Waals surface area contributed by atoms with E-state index in [4.69, 9.17) is 5.26 Å². The first-order chi connectivity index (χ1) is 12.3. The molecule has 0 radical (unpaired) electrons. The Morgan fingerprint density at radius 2 is 1.80 bits per heavy atom. The minimum Gasteiger partial charge on any atom is -0.336 e. The summed E-state index contributed by atoms with van der Waals surface area (Å²) in [6, 6.07) is 18.0. The molecule has 0 spiro atoms. The van der Waals surface area contributed by atoms with E-state index in [1.54, 1.807) is 0 Å². The quantitative estimate of drug-likeness (QED) is 0.724. The molecule has 0 aliphatic carbocycles. The topological polar surface area (TPSA) is 61.4 Å². The molecule has 25 heavy (non-hydrogen) atoms. The Hall–Kier alpha value is -3.13. The van der Waals surface area contributed by atoms with Crippen LogP contribution < -0.4 is 0 Å². The zero-order chi connectivity index (χ0) is 17.2. The van der Waals surface area contributed by atoms with Gasteiger partial charge in [-0.15, -0.1) is 0 Å². The first-order valence-corrected chi connectivity index (χ1v) is 8.49. The van der Waals surface area contributed by atoms with Gasteiger partial charge >= 0.3 is 0 Å². The first kappa shape index (κ1) is 15.4. The molecular weight excluding hydrogens is 312 g/mol. The highest BCUT2D eigenvalue weighted by Gasteiger charge is 2.27. The van der Waals surface area contributed by atoms with Gasteiger partial charge in [-0.3, -0.25) is 9.20 Å². The number of hydrogen-bond acceptors (Lipinski definition) is 3. The molecule has 1 saturated heterocycles. The third-order valence-corrected chi connectivity index (χ3v) is 4.75. The third-order valence-electron chi connectivity index (χ3n) is 4.75. The molecular formula is C20H18N4O. The second-order valence-electron chi connectivity index (χ2n) is 6.30. The van der Waals surface area contributed by atoms with Gasteiger partial charge in [0.25, 0.3) is 5.91 Å². The lowest BCUT2D eigenvalue weighted by Crippen LogP contribution is -2.39. The number of amides is 1. The van der Waals surface area contributed by atoms with Crippen LogP contribution in [-0.4, -0.2) is 33.3 Å². The lowest BCUT2D eigenvalue weighted by atomic mass is 9.98. The third kappa shape index (κ3) is 2.76. The molecule has 1 aromatic carbocycles. The maximum absolute atomic E-state index is 13.0. The van der Waals surface area contributed by atoms with Gasteiger partial charge < -0.3 is 4.90 Å². The molecule has 4 rings (SSSR count). The van der Waals surface area contributed by atoms with Crippen LogP contribution in [0.1, 0.15) is 23.5 Å². The molecule has 0 unspecified atom stereocenters. The number of imidazole rings is 1. The second-order valence-corrected chi connectivity index (χ2v) is 6.30. The summed E-state index contributed by atoms with van der Waals surface area (Å²) >= 11 is 0. The molecule has 0 atom stereocenters. The van der Waals surface area contributed by atoms with E-state index < -0.39 is 0 Å². The fraction of sp³-hybridized carbons (Fsp3) is 0.250. The molecule has 0 bridgehead atoms. The van der Waals surface area contributed by atoms with E-state index in [-0.39, 0.29) is 11.8 Å². The number of benzene rings is 1. The van der Waals surface area contributed by atoms with E-state index in [9.17, 15) is 4.79 Å². The fourth-order valence-corrected chi connectivity index (χ4v) is 3.35. The molecule has 0 saturated carbocycles. The first-order valence-electron chi connectivity index (χ1n) is 8.49. The minimum atomic E-state index is -0.0697. The van der Waals surface area contributed by atoms with Gasteiger partial charge in [-0.25, -0.2) is 4.98 Å². The van der Waals surface area contributed by atoms with Gasteiger partial charge in [0.2, 0.25) is 5.82 Å². The molecule has 1 amide bonds. The van der Waals surface area contributed by atoms with Crippen LogP contribution in [0, 0.1) is 17.2 Å². The van der Waals surface area contributed by atoms with Crippen LogP contribution in [0.15, 0.2) is 54.7 Å². The van der Waals surface area contributed by atoms with E-state index in [0.717, 1.165) is 29.6 Å². The van der Waals surface area contributed by atoms with Crippen molar-refractivity contribution in [3.8, 4) is 17.3 Å². The van der Waals surface area contributed by atoms with Crippen molar-refractivity contribution in [2.24, 2.45) is 5.92 Å². The number of hydrogen-bond donors (Lipinski definition) is 0. The summed E-state index contributed by atoms with van der Waals surface area (Å²) in [6.45, 7) is 1.22. The van der Waals surface area contributed by atoms with Crippen molar-refractivity contribution in [3.05, 3.63) is 60.6 Å². The van der Waals surface area contributed by atoms with Crippen LogP contribution >= 0.6 is 0 Å². The molecule has 3 heterocycles. The zero-order valence-corrected chi connectivity index (χ0v) is 13.8. The Kier molecular flexibility index (Phi) is 3.95. The second kappa shape index (κ2) is 6.40. The molecule has 5 heteroatoms. The Bertz CT molecular complexity index is 947. The Morgan fingerprint density at radius 3 is 2.52 bits per heavy atom. The molecule has 1 fully saturated rings. The van der Waals surface area contributed by atoms with Crippen molar-refractivity contribution >= 4 is 11.4 Å². The molecule has 124 valence electrons. The Balaban J connectivity index is 1.73. The van der Waals surface area contributed by atoms with Crippen molar-refractivity contribution in [1.82, 2.24) is 14.3 Å². The average molecular weight is 330 g/mol. The Morgan fingerprint density at radius 1 is 1.08 bits per heavy atom. The van der Waals surface area contributed by atoms with Crippen molar-refractivity contribution in [3.63, 3.8) is 0 Å². The van der Waals surface area contributed by atoms with Crippen molar-refractivity contribution in [2.45, 2.75) is 12.8 Å². The highest BCUT2D eigenvalue weighted by molar-refractivity contribution is 5.94. The van der Waals surface area contributed by atoms with Gasteiger partial charge in [-0.1, -0.05) is 36.4 Å². The predicted molar refractivity (Wildman–Crippen MR) is 94.9 cm³/mol. The average Bonchev–Trinajstić information content (AvgIpc) is 3.08. The number of rotatable bonds is 2.